The first-order chi connectivity index (χ1) is 11.1. The second kappa shape index (κ2) is 6.69. The number of H-pyrrole nitrogens is 1. The Balaban J connectivity index is 1.60. The van der Waals surface area contributed by atoms with Gasteiger partial charge in [0, 0.05) is 6.04 Å². The summed E-state index contributed by atoms with van der Waals surface area (Å²) in [6.07, 6.45) is 2.02. The summed E-state index contributed by atoms with van der Waals surface area (Å²) in [6, 6.07) is 7.19. The topological polar surface area (TPSA) is 126 Å². The standard InChI is InChI=1S/C14H16N6O2S/c15-13-18-14(20-19-13)23-7-11(21)17-10-4-2-1-3-9(10)12(22)16-8-5-6-8/h1-4,8H,5-7H2,(H,16,22)(H,17,21)(H3,15,18,19,20). The van der Waals surface area contributed by atoms with Crippen LogP contribution in [0.5, 0.6) is 0 Å². The van der Waals surface area contributed by atoms with E-state index in [4.69, 9.17) is 5.73 Å². The van der Waals surface area contributed by atoms with Crippen molar-refractivity contribution in [3.05, 3.63) is 29.8 Å². The molecular formula is C14H16N6O2S. The molecule has 1 aromatic heterocycles. The van der Waals surface area contributed by atoms with Crippen molar-refractivity contribution in [2.24, 2.45) is 0 Å². The number of hydrogen-bond acceptors (Lipinski definition) is 6. The number of aromatic amines is 1. The number of carbonyl (C=O) groups is 2. The fourth-order valence-electron chi connectivity index (χ4n) is 1.92. The molecule has 1 aliphatic carbocycles. The van der Waals surface area contributed by atoms with Crippen molar-refractivity contribution >= 4 is 35.2 Å². The lowest BCUT2D eigenvalue weighted by molar-refractivity contribution is -0.113. The van der Waals surface area contributed by atoms with Crippen LogP contribution in [0.2, 0.25) is 0 Å². The van der Waals surface area contributed by atoms with Gasteiger partial charge >= 0.3 is 0 Å². The highest BCUT2D eigenvalue weighted by molar-refractivity contribution is 7.99. The molecule has 1 fully saturated rings. The highest BCUT2D eigenvalue weighted by atomic mass is 32.2. The summed E-state index contributed by atoms with van der Waals surface area (Å²) in [5, 5.41) is 12.4. The predicted octanol–water partition coefficient (Wildman–Crippen LogP) is 1.01. The SMILES string of the molecule is Nc1nc(SCC(=O)Nc2ccccc2C(=O)NC2CC2)n[nH]1. The van der Waals surface area contributed by atoms with Gasteiger partial charge in [-0.25, -0.2) is 5.10 Å². The number of nitrogens with one attached hydrogen (secondary N) is 3. The number of aromatic nitrogens is 3. The monoisotopic (exact) mass is 332 g/mol. The van der Waals surface area contributed by atoms with Gasteiger partial charge in [0.15, 0.2) is 0 Å². The van der Waals surface area contributed by atoms with Gasteiger partial charge < -0.3 is 16.4 Å². The first-order valence-electron chi connectivity index (χ1n) is 7.12. The Labute approximate surface area is 136 Å². The van der Waals surface area contributed by atoms with Gasteiger partial charge in [0.25, 0.3) is 5.91 Å². The van der Waals surface area contributed by atoms with Crippen LogP contribution in [0.4, 0.5) is 11.6 Å². The van der Waals surface area contributed by atoms with Crippen molar-refractivity contribution in [1.29, 1.82) is 0 Å². The molecule has 0 radical (unpaired) electrons. The zero-order valence-corrected chi connectivity index (χ0v) is 13.0. The second-order valence-corrected chi connectivity index (χ2v) is 6.08. The number of nitrogen functional groups attached to an aromatic ring is 1. The second-order valence-electron chi connectivity index (χ2n) is 5.13. The zero-order valence-electron chi connectivity index (χ0n) is 12.2. The molecule has 0 aliphatic heterocycles. The van der Waals surface area contributed by atoms with E-state index in [0.29, 0.717) is 16.4 Å². The third-order valence-electron chi connectivity index (χ3n) is 3.17. The Bertz CT molecular complexity index is 728. The fraction of sp³-hybridized carbons (Fsp3) is 0.286. The van der Waals surface area contributed by atoms with Crippen LogP contribution in [-0.2, 0) is 4.79 Å². The molecule has 0 spiro atoms. The van der Waals surface area contributed by atoms with Crippen molar-refractivity contribution in [1.82, 2.24) is 20.5 Å². The Morgan fingerprint density at radius 3 is 2.83 bits per heavy atom. The highest BCUT2D eigenvalue weighted by Gasteiger charge is 2.25. The number of nitrogens with two attached hydrogens (primary N) is 1. The molecule has 2 amide bonds. The molecule has 0 saturated heterocycles. The predicted molar refractivity (Wildman–Crippen MR) is 87.1 cm³/mol. The third kappa shape index (κ3) is 4.22. The van der Waals surface area contributed by atoms with Crippen molar-refractivity contribution in [2.45, 2.75) is 24.0 Å². The minimum Gasteiger partial charge on any atom is -0.368 e. The molecule has 2 aromatic rings. The van der Waals surface area contributed by atoms with Crippen LogP contribution in [0.25, 0.3) is 0 Å². The molecule has 5 N–H and O–H groups in total. The van der Waals surface area contributed by atoms with Gasteiger partial charge in [-0.3, -0.25) is 9.59 Å². The van der Waals surface area contributed by atoms with Gasteiger partial charge in [0.1, 0.15) is 0 Å². The summed E-state index contributed by atoms with van der Waals surface area (Å²) in [5.74, 6) is -0.0894. The van der Waals surface area contributed by atoms with Gasteiger partial charge in [-0.1, -0.05) is 23.9 Å². The van der Waals surface area contributed by atoms with Gasteiger partial charge in [0.05, 0.1) is 17.0 Å². The number of thioether (sulfide) groups is 1. The largest absolute Gasteiger partial charge is 0.368 e. The lowest BCUT2D eigenvalue weighted by Gasteiger charge is -2.10. The van der Waals surface area contributed by atoms with Gasteiger partial charge in [0.2, 0.25) is 17.0 Å². The summed E-state index contributed by atoms with van der Waals surface area (Å²) >= 11 is 1.16. The van der Waals surface area contributed by atoms with Crippen LogP contribution in [0.15, 0.2) is 29.4 Å². The number of benzene rings is 1. The van der Waals surface area contributed by atoms with Crippen LogP contribution in [0.1, 0.15) is 23.2 Å². The molecule has 23 heavy (non-hydrogen) atoms. The highest BCUT2D eigenvalue weighted by Crippen LogP contribution is 2.22. The minimum absolute atomic E-state index is 0.121. The van der Waals surface area contributed by atoms with Crippen LogP contribution in [0.3, 0.4) is 0 Å². The number of hydrogen-bond donors (Lipinski definition) is 4. The van der Waals surface area contributed by atoms with E-state index in [0.717, 1.165) is 24.6 Å². The van der Waals surface area contributed by atoms with Gasteiger partial charge in [-0.15, -0.1) is 5.10 Å². The Hall–Kier alpha value is -2.55. The van der Waals surface area contributed by atoms with Crippen LogP contribution in [-0.4, -0.2) is 38.8 Å². The number of rotatable bonds is 6. The summed E-state index contributed by atoms with van der Waals surface area (Å²) in [6.45, 7) is 0. The van der Waals surface area contributed by atoms with Gasteiger partial charge in [-0.05, 0) is 25.0 Å². The first-order valence-corrected chi connectivity index (χ1v) is 8.11. The number of nitrogens with zero attached hydrogens (tertiary/aromatic N) is 2. The fourth-order valence-corrected chi connectivity index (χ4v) is 2.53. The van der Waals surface area contributed by atoms with Crippen molar-refractivity contribution < 1.29 is 9.59 Å². The average molecular weight is 332 g/mol. The molecule has 120 valence electrons. The molecule has 0 unspecified atom stereocenters. The summed E-state index contributed by atoms with van der Waals surface area (Å²) < 4.78 is 0. The molecule has 1 aromatic carbocycles. The molecule has 0 bridgehead atoms. The van der Waals surface area contributed by atoms with E-state index in [1.807, 2.05) is 0 Å². The molecule has 1 saturated carbocycles. The number of para-hydroxylation sites is 1. The zero-order chi connectivity index (χ0) is 16.2. The molecule has 1 aliphatic rings. The molecular weight excluding hydrogens is 316 g/mol. The Kier molecular flexibility index (Phi) is 4.47. The van der Waals surface area contributed by atoms with Crippen LogP contribution >= 0.6 is 11.8 Å². The van der Waals surface area contributed by atoms with Crippen molar-refractivity contribution in [3.8, 4) is 0 Å². The maximum atomic E-state index is 12.2. The minimum atomic E-state index is -0.245. The molecule has 8 nitrogen and oxygen atoms in total. The van der Waals surface area contributed by atoms with E-state index in [-0.39, 0.29) is 29.6 Å². The van der Waals surface area contributed by atoms with E-state index >= 15 is 0 Å². The van der Waals surface area contributed by atoms with E-state index in [9.17, 15) is 9.59 Å². The van der Waals surface area contributed by atoms with Crippen molar-refractivity contribution in [3.63, 3.8) is 0 Å². The molecule has 9 heteroatoms. The maximum absolute atomic E-state index is 12.2. The summed E-state index contributed by atoms with van der Waals surface area (Å²) in [4.78, 5) is 28.1. The molecule has 1 heterocycles. The first kappa shape index (κ1) is 15.3. The average Bonchev–Trinajstić information content (AvgIpc) is 3.25. The summed E-state index contributed by atoms with van der Waals surface area (Å²) in [7, 11) is 0. The van der Waals surface area contributed by atoms with Crippen LogP contribution in [0, 0.1) is 0 Å². The van der Waals surface area contributed by atoms with E-state index in [1.54, 1.807) is 24.3 Å². The molecule has 3 rings (SSSR count). The smallest absolute Gasteiger partial charge is 0.253 e. The van der Waals surface area contributed by atoms with E-state index in [1.165, 1.54) is 0 Å². The normalized spacial score (nSPS) is 13.6. The lowest BCUT2D eigenvalue weighted by atomic mass is 10.1. The van der Waals surface area contributed by atoms with E-state index in [2.05, 4.69) is 25.8 Å². The van der Waals surface area contributed by atoms with Gasteiger partial charge in [-0.2, -0.15) is 4.98 Å². The van der Waals surface area contributed by atoms with E-state index < -0.39 is 0 Å². The number of carbonyl (C=O) groups excluding carboxylic acids is 2. The Morgan fingerprint density at radius 2 is 2.13 bits per heavy atom. The summed E-state index contributed by atoms with van der Waals surface area (Å²) in [5.41, 5.74) is 6.37. The maximum Gasteiger partial charge on any atom is 0.253 e. The number of amides is 2. The third-order valence-corrected chi connectivity index (χ3v) is 4.02. The quantitative estimate of drug-likeness (QED) is 0.585. The molecule has 0 atom stereocenters. The number of anilines is 2. The van der Waals surface area contributed by atoms with Crippen molar-refractivity contribution in [2.75, 3.05) is 16.8 Å². The van der Waals surface area contributed by atoms with Crippen LogP contribution < -0.4 is 16.4 Å². The lowest BCUT2D eigenvalue weighted by Crippen LogP contribution is -2.27. The Morgan fingerprint density at radius 1 is 1.35 bits per heavy atom.